The number of nitrogens with one attached hydrogen (secondary N) is 1. The Labute approximate surface area is 181 Å². The molecular weight excluding hydrogens is 394 g/mol. The minimum atomic E-state index is -0.876. The fourth-order valence-corrected chi connectivity index (χ4v) is 2.76. The molecule has 0 atom stereocenters. The van der Waals surface area contributed by atoms with Gasteiger partial charge in [0.2, 0.25) is 0 Å². The van der Waals surface area contributed by atoms with Gasteiger partial charge in [0.1, 0.15) is 11.6 Å². The van der Waals surface area contributed by atoms with E-state index in [-0.39, 0.29) is 11.5 Å². The van der Waals surface area contributed by atoms with Crippen LogP contribution in [0.4, 0.5) is 5.69 Å². The first-order chi connectivity index (χ1) is 14.9. The number of esters is 1. The third-order valence-electron chi connectivity index (χ3n) is 4.53. The minimum Gasteiger partial charge on any atom is -0.451 e. The third kappa shape index (κ3) is 6.82. The van der Waals surface area contributed by atoms with Crippen LogP contribution in [-0.2, 0) is 14.3 Å². The molecule has 1 N–H and O–H groups in total. The lowest BCUT2D eigenvalue weighted by atomic mass is 10.1. The molecule has 0 bridgehead atoms. The summed E-state index contributed by atoms with van der Waals surface area (Å²) in [7, 11) is 0. The molecule has 0 saturated carbocycles. The van der Waals surface area contributed by atoms with Crippen molar-refractivity contribution >= 4 is 29.5 Å². The molecule has 2 aromatic rings. The molecule has 2 aromatic carbocycles. The molecule has 2 rings (SSSR count). The minimum absolute atomic E-state index is 0.0822. The highest BCUT2D eigenvalue weighted by atomic mass is 16.5. The van der Waals surface area contributed by atoms with Crippen LogP contribution in [0.3, 0.4) is 0 Å². The molecule has 0 spiro atoms. The maximum atomic E-state index is 12.3. The standard InChI is InChI=1S/C24H25N3O4/c1-4-27(5-2)23(29)19-10-12-21(13-11-19)26-22(28)16-31-24(30)20(15-25)14-18-8-6-17(3)7-9-18/h6-14H,4-5,16H2,1-3H3,(H,26,28)/b20-14+. The maximum Gasteiger partial charge on any atom is 0.349 e. The van der Waals surface area contributed by atoms with Gasteiger partial charge in [-0.25, -0.2) is 4.79 Å². The van der Waals surface area contributed by atoms with Gasteiger partial charge in [0.05, 0.1) is 0 Å². The average Bonchev–Trinajstić information content (AvgIpc) is 2.78. The number of hydrogen-bond donors (Lipinski definition) is 1. The van der Waals surface area contributed by atoms with Gasteiger partial charge in [-0.15, -0.1) is 0 Å². The molecule has 0 heterocycles. The molecule has 31 heavy (non-hydrogen) atoms. The Morgan fingerprint density at radius 2 is 1.65 bits per heavy atom. The Hall–Kier alpha value is -3.92. The molecule has 0 unspecified atom stereocenters. The van der Waals surface area contributed by atoms with E-state index in [1.165, 1.54) is 6.08 Å². The second-order valence-electron chi connectivity index (χ2n) is 6.76. The average molecular weight is 419 g/mol. The van der Waals surface area contributed by atoms with Crippen LogP contribution in [0.25, 0.3) is 6.08 Å². The molecule has 2 amide bonds. The van der Waals surface area contributed by atoms with Crippen molar-refractivity contribution in [2.75, 3.05) is 25.0 Å². The van der Waals surface area contributed by atoms with E-state index in [9.17, 15) is 19.6 Å². The van der Waals surface area contributed by atoms with Crippen molar-refractivity contribution < 1.29 is 19.1 Å². The summed E-state index contributed by atoms with van der Waals surface area (Å²) in [5.41, 5.74) is 2.53. The first-order valence-electron chi connectivity index (χ1n) is 9.92. The Kier molecular flexibility index (Phi) is 8.52. The third-order valence-corrected chi connectivity index (χ3v) is 4.53. The van der Waals surface area contributed by atoms with Gasteiger partial charge < -0.3 is 15.0 Å². The normalized spacial score (nSPS) is 10.7. The second-order valence-corrected chi connectivity index (χ2v) is 6.76. The SMILES string of the molecule is CCN(CC)C(=O)c1ccc(NC(=O)COC(=O)/C(C#N)=C/c2ccc(C)cc2)cc1. The van der Waals surface area contributed by atoms with Crippen LogP contribution in [0.2, 0.25) is 0 Å². The molecule has 7 nitrogen and oxygen atoms in total. The quantitative estimate of drug-likeness (QED) is 0.401. The van der Waals surface area contributed by atoms with Gasteiger partial charge in [-0.3, -0.25) is 9.59 Å². The van der Waals surface area contributed by atoms with Crippen molar-refractivity contribution in [1.29, 1.82) is 5.26 Å². The van der Waals surface area contributed by atoms with E-state index in [1.807, 2.05) is 32.9 Å². The fourth-order valence-electron chi connectivity index (χ4n) is 2.76. The van der Waals surface area contributed by atoms with Crippen molar-refractivity contribution in [3.05, 3.63) is 70.8 Å². The molecule has 0 aromatic heterocycles. The predicted octanol–water partition coefficient (Wildman–Crippen LogP) is 3.57. The lowest BCUT2D eigenvalue weighted by Crippen LogP contribution is -2.30. The number of carbonyl (C=O) groups is 3. The maximum absolute atomic E-state index is 12.3. The number of rotatable bonds is 8. The van der Waals surface area contributed by atoms with Crippen molar-refractivity contribution in [1.82, 2.24) is 4.90 Å². The Morgan fingerprint density at radius 3 is 2.19 bits per heavy atom. The van der Waals surface area contributed by atoms with E-state index < -0.39 is 18.5 Å². The number of anilines is 1. The van der Waals surface area contributed by atoms with Crippen LogP contribution >= 0.6 is 0 Å². The molecule has 0 fully saturated rings. The summed E-state index contributed by atoms with van der Waals surface area (Å²) in [4.78, 5) is 38.2. The molecule has 0 saturated heterocycles. The topological polar surface area (TPSA) is 99.5 Å². The van der Waals surface area contributed by atoms with Crippen LogP contribution in [0, 0.1) is 18.3 Å². The summed E-state index contributed by atoms with van der Waals surface area (Å²) < 4.78 is 4.94. The highest BCUT2D eigenvalue weighted by Gasteiger charge is 2.15. The van der Waals surface area contributed by atoms with Gasteiger partial charge in [0.15, 0.2) is 6.61 Å². The summed E-state index contributed by atoms with van der Waals surface area (Å²) in [6.45, 7) is 6.44. The van der Waals surface area contributed by atoms with Gasteiger partial charge >= 0.3 is 5.97 Å². The zero-order chi connectivity index (χ0) is 22.8. The fraction of sp³-hybridized carbons (Fsp3) is 0.250. The van der Waals surface area contributed by atoms with E-state index in [0.717, 1.165) is 5.56 Å². The number of benzene rings is 2. The van der Waals surface area contributed by atoms with E-state index in [1.54, 1.807) is 47.4 Å². The number of nitriles is 1. The Balaban J connectivity index is 1.92. The zero-order valence-corrected chi connectivity index (χ0v) is 17.8. The predicted molar refractivity (Wildman–Crippen MR) is 118 cm³/mol. The summed E-state index contributed by atoms with van der Waals surface area (Å²) in [5, 5.41) is 11.8. The van der Waals surface area contributed by atoms with Crippen LogP contribution in [0.5, 0.6) is 0 Å². The first kappa shape index (κ1) is 23.4. The highest BCUT2D eigenvalue weighted by molar-refractivity contribution is 6.00. The van der Waals surface area contributed by atoms with E-state index >= 15 is 0 Å². The van der Waals surface area contributed by atoms with Gasteiger partial charge in [-0.2, -0.15) is 5.26 Å². The van der Waals surface area contributed by atoms with E-state index in [4.69, 9.17) is 4.74 Å². The molecule has 7 heteroatoms. The molecular formula is C24H25N3O4. The van der Waals surface area contributed by atoms with Crippen LogP contribution in [-0.4, -0.2) is 42.4 Å². The smallest absolute Gasteiger partial charge is 0.349 e. The summed E-state index contributed by atoms with van der Waals surface area (Å²) in [6, 6.07) is 15.5. The summed E-state index contributed by atoms with van der Waals surface area (Å²) in [6.07, 6.45) is 1.41. The highest BCUT2D eigenvalue weighted by Crippen LogP contribution is 2.13. The molecule has 0 aliphatic carbocycles. The number of nitrogens with zero attached hydrogens (tertiary/aromatic N) is 2. The lowest BCUT2D eigenvalue weighted by Gasteiger charge is -2.18. The molecule has 0 radical (unpaired) electrons. The number of amides is 2. The number of hydrogen-bond acceptors (Lipinski definition) is 5. The van der Waals surface area contributed by atoms with Crippen LogP contribution in [0.15, 0.2) is 54.1 Å². The van der Waals surface area contributed by atoms with Gasteiger partial charge in [-0.1, -0.05) is 29.8 Å². The Morgan fingerprint density at radius 1 is 1.03 bits per heavy atom. The van der Waals surface area contributed by atoms with Gasteiger partial charge in [0.25, 0.3) is 11.8 Å². The second kappa shape index (κ2) is 11.3. The van der Waals surface area contributed by atoms with Gasteiger partial charge in [0, 0.05) is 24.3 Å². The Bertz CT molecular complexity index is 999. The van der Waals surface area contributed by atoms with Crippen LogP contribution < -0.4 is 5.32 Å². The van der Waals surface area contributed by atoms with Gasteiger partial charge in [-0.05, 0) is 56.7 Å². The summed E-state index contributed by atoms with van der Waals surface area (Å²) in [5.74, 6) is -1.51. The molecule has 0 aliphatic rings. The van der Waals surface area contributed by atoms with E-state index in [0.29, 0.717) is 29.9 Å². The first-order valence-corrected chi connectivity index (χ1v) is 9.92. The monoisotopic (exact) mass is 419 g/mol. The number of carbonyl (C=O) groups excluding carboxylic acids is 3. The van der Waals surface area contributed by atoms with Crippen molar-refractivity contribution in [3.8, 4) is 6.07 Å². The zero-order valence-electron chi connectivity index (χ0n) is 17.8. The number of ether oxygens (including phenoxy) is 1. The molecule has 160 valence electrons. The van der Waals surface area contributed by atoms with Crippen LogP contribution in [0.1, 0.15) is 35.3 Å². The lowest BCUT2D eigenvalue weighted by molar-refractivity contribution is -0.142. The van der Waals surface area contributed by atoms with E-state index in [2.05, 4.69) is 5.32 Å². The molecule has 0 aliphatic heterocycles. The van der Waals surface area contributed by atoms with Crippen molar-refractivity contribution in [3.63, 3.8) is 0 Å². The van der Waals surface area contributed by atoms with Crippen molar-refractivity contribution in [2.45, 2.75) is 20.8 Å². The largest absolute Gasteiger partial charge is 0.451 e. The van der Waals surface area contributed by atoms with Crippen molar-refractivity contribution in [2.24, 2.45) is 0 Å². The number of aryl methyl sites for hydroxylation is 1. The summed E-state index contributed by atoms with van der Waals surface area (Å²) >= 11 is 0.